The highest BCUT2D eigenvalue weighted by Crippen LogP contribution is 2.32. The van der Waals surface area contributed by atoms with Crippen LogP contribution in [-0.2, 0) is 0 Å². The third kappa shape index (κ3) is 1.66. The van der Waals surface area contributed by atoms with Gasteiger partial charge in [-0.2, -0.15) is 0 Å². The topological polar surface area (TPSA) is 36.7 Å². The van der Waals surface area contributed by atoms with Crippen LogP contribution in [0.1, 0.15) is 10.6 Å². The van der Waals surface area contributed by atoms with Crippen molar-refractivity contribution < 1.29 is 9.21 Å². The Morgan fingerprint density at radius 2 is 1.89 bits per heavy atom. The van der Waals surface area contributed by atoms with Crippen molar-refractivity contribution in [1.29, 1.82) is 0 Å². The summed E-state index contributed by atoms with van der Waals surface area (Å²) in [6.07, 6.45) is 1.52. The molecule has 92 valence electrons. The fraction of sp³-hybridized carbons (Fsp3) is 0.214. The van der Waals surface area contributed by atoms with Gasteiger partial charge in [-0.15, -0.1) is 0 Å². The molecule has 0 atom stereocenters. The van der Waals surface area contributed by atoms with E-state index in [2.05, 4.69) is 4.90 Å². The SMILES string of the molecule is CN1CCN(C(=O)c2ccco2)c2ccccc21. The predicted octanol–water partition coefficient (Wildman–Crippen LogP) is 2.38. The Balaban J connectivity index is 2.00. The minimum atomic E-state index is -0.0828. The molecule has 0 aliphatic carbocycles. The minimum absolute atomic E-state index is 0.0828. The van der Waals surface area contributed by atoms with E-state index in [4.69, 9.17) is 4.42 Å². The highest BCUT2D eigenvalue weighted by Gasteiger charge is 2.26. The van der Waals surface area contributed by atoms with Gasteiger partial charge in [0.1, 0.15) is 0 Å². The van der Waals surface area contributed by atoms with Crippen LogP contribution in [0.25, 0.3) is 0 Å². The largest absolute Gasteiger partial charge is 0.459 e. The minimum Gasteiger partial charge on any atom is -0.459 e. The van der Waals surface area contributed by atoms with E-state index in [0.29, 0.717) is 12.3 Å². The van der Waals surface area contributed by atoms with Crippen LogP contribution in [0.3, 0.4) is 0 Å². The number of hydrogen-bond acceptors (Lipinski definition) is 3. The molecule has 3 rings (SSSR count). The van der Waals surface area contributed by atoms with E-state index in [1.54, 1.807) is 17.0 Å². The Morgan fingerprint density at radius 1 is 1.11 bits per heavy atom. The predicted molar refractivity (Wildman–Crippen MR) is 70.1 cm³/mol. The molecule has 0 spiro atoms. The van der Waals surface area contributed by atoms with Crippen molar-refractivity contribution in [2.45, 2.75) is 0 Å². The fourth-order valence-corrected chi connectivity index (χ4v) is 2.25. The van der Waals surface area contributed by atoms with Crippen LogP contribution in [0.15, 0.2) is 47.1 Å². The van der Waals surface area contributed by atoms with Crippen molar-refractivity contribution >= 4 is 17.3 Å². The van der Waals surface area contributed by atoms with Crippen molar-refractivity contribution in [2.75, 3.05) is 29.9 Å². The fourth-order valence-electron chi connectivity index (χ4n) is 2.25. The summed E-state index contributed by atoms with van der Waals surface area (Å²) in [5.74, 6) is 0.301. The van der Waals surface area contributed by atoms with E-state index < -0.39 is 0 Å². The summed E-state index contributed by atoms with van der Waals surface area (Å²) in [5, 5.41) is 0. The standard InChI is InChI=1S/C14H14N2O2/c1-15-8-9-16(12-6-3-2-5-11(12)15)14(17)13-7-4-10-18-13/h2-7,10H,8-9H2,1H3. The summed E-state index contributed by atoms with van der Waals surface area (Å²) in [6.45, 7) is 1.50. The second-order valence-corrected chi connectivity index (χ2v) is 4.34. The van der Waals surface area contributed by atoms with Crippen LogP contribution in [0.2, 0.25) is 0 Å². The number of carbonyl (C=O) groups is 1. The summed E-state index contributed by atoms with van der Waals surface area (Å²) in [7, 11) is 2.04. The van der Waals surface area contributed by atoms with Gasteiger partial charge in [0, 0.05) is 20.1 Å². The molecular weight excluding hydrogens is 228 g/mol. The van der Waals surface area contributed by atoms with Crippen molar-refractivity contribution in [2.24, 2.45) is 0 Å². The molecule has 0 bridgehead atoms. The van der Waals surface area contributed by atoms with Crippen LogP contribution in [0.4, 0.5) is 11.4 Å². The van der Waals surface area contributed by atoms with E-state index in [-0.39, 0.29) is 5.91 Å². The molecule has 0 radical (unpaired) electrons. The summed E-state index contributed by atoms with van der Waals surface area (Å²) >= 11 is 0. The smallest absolute Gasteiger partial charge is 0.294 e. The molecule has 1 aromatic heterocycles. The highest BCUT2D eigenvalue weighted by molar-refractivity contribution is 6.06. The van der Waals surface area contributed by atoms with E-state index in [9.17, 15) is 4.79 Å². The summed E-state index contributed by atoms with van der Waals surface area (Å²) < 4.78 is 5.19. The molecule has 2 aromatic rings. The molecule has 0 N–H and O–H groups in total. The zero-order valence-corrected chi connectivity index (χ0v) is 10.2. The van der Waals surface area contributed by atoms with Crippen molar-refractivity contribution in [3.63, 3.8) is 0 Å². The number of fused-ring (bicyclic) bond motifs is 1. The third-order valence-electron chi connectivity index (χ3n) is 3.22. The van der Waals surface area contributed by atoms with Gasteiger partial charge >= 0.3 is 0 Å². The molecule has 0 unspecified atom stereocenters. The van der Waals surface area contributed by atoms with Crippen LogP contribution < -0.4 is 9.80 Å². The lowest BCUT2D eigenvalue weighted by Crippen LogP contribution is -2.42. The van der Waals surface area contributed by atoms with Crippen LogP contribution >= 0.6 is 0 Å². The average molecular weight is 242 g/mol. The van der Waals surface area contributed by atoms with Gasteiger partial charge in [0.15, 0.2) is 5.76 Å². The zero-order valence-electron chi connectivity index (χ0n) is 10.2. The summed E-state index contributed by atoms with van der Waals surface area (Å²) in [4.78, 5) is 16.3. The molecule has 0 saturated carbocycles. The number of carbonyl (C=O) groups excluding carboxylic acids is 1. The Morgan fingerprint density at radius 3 is 2.61 bits per heavy atom. The van der Waals surface area contributed by atoms with Gasteiger partial charge in [-0.25, -0.2) is 0 Å². The van der Waals surface area contributed by atoms with Gasteiger partial charge < -0.3 is 14.2 Å². The van der Waals surface area contributed by atoms with Crippen LogP contribution in [-0.4, -0.2) is 26.0 Å². The lowest BCUT2D eigenvalue weighted by atomic mass is 10.1. The maximum atomic E-state index is 12.3. The summed E-state index contributed by atoms with van der Waals surface area (Å²) in [6, 6.07) is 11.3. The third-order valence-corrected chi connectivity index (χ3v) is 3.22. The lowest BCUT2D eigenvalue weighted by molar-refractivity contribution is 0.0960. The summed E-state index contributed by atoms with van der Waals surface area (Å²) in [5.41, 5.74) is 2.01. The van der Waals surface area contributed by atoms with Gasteiger partial charge in [0.2, 0.25) is 0 Å². The van der Waals surface area contributed by atoms with E-state index in [0.717, 1.165) is 17.9 Å². The highest BCUT2D eigenvalue weighted by atomic mass is 16.3. The normalized spacial score (nSPS) is 14.5. The molecule has 4 heteroatoms. The maximum absolute atomic E-state index is 12.3. The van der Waals surface area contributed by atoms with Crippen molar-refractivity contribution in [3.8, 4) is 0 Å². The molecule has 0 saturated heterocycles. The molecular formula is C14H14N2O2. The Hall–Kier alpha value is -2.23. The Kier molecular flexibility index (Phi) is 2.55. The number of benzene rings is 1. The van der Waals surface area contributed by atoms with E-state index >= 15 is 0 Å². The first-order valence-electron chi connectivity index (χ1n) is 5.93. The number of furan rings is 1. The van der Waals surface area contributed by atoms with Crippen molar-refractivity contribution in [3.05, 3.63) is 48.4 Å². The van der Waals surface area contributed by atoms with Crippen molar-refractivity contribution in [1.82, 2.24) is 0 Å². The first-order valence-corrected chi connectivity index (χ1v) is 5.93. The molecule has 4 nitrogen and oxygen atoms in total. The lowest BCUT2D eigenvalue weighted by Gasteiger charge is -2.35. The number of anilines is 2. The second-order valence-electron chi connectivity index (χ2n) is 4.34. The first kappa shape index (κ1) is 10.9. The number of para-hydroxylation sites is 2. The monoisotopic (exact) mass is 242 g/mol. The molecule has 18 heavy (non-hydrogen) atoms. The molecule has 1 aromatic carbocycles. The maximum Gasteiger partial charge on any atom is 0.294 e. The van der Waals surface area contributed by atoms with E-state index in [1.165, 1.54) is 6.26 Å². The van der Waals surface area contributed by atoms with Crippen LogP contribution in [0, 0.1) is 0 Å². The Labute approximate surface area is 105 Å². The molecule has 1 amide bonds. The van der Waals surface area contributed by atoms with E-state index in [1.807, 2.05) is 31.3 Å². The first-order chi connectivity index (χ1) is 8.77. The number of nitrogens with zero attached hydrogens (tertiary/aromatic N) is 2. The second kappa shape index (κ2) is 4.22. The van der Waals surface area contributed by atoms with Gasteiger partial charge in [-0.1, -0.05) is 12.1 Å². The van der Waals surface area contributed by atoms with Gasteiger partial charge in [0.05, 0.1) is 17.6 Å². The quantitative estimate of drug-likeness (QED) is 0.770. The average Bonchev–Trinajstić information content (AvgIpc) is 2.93. The number of amides is 1. The van der Waals surface area contributed by atoms with Gasteiger partial charge in [0.25, 0.3) is 5.91 Å². The number of hydrogen-bond donors (Lipinski definition) is 0. The molecule has 1 aliphatic rings. The molecule has 1 aliphatic heterocycles. The van der Waals surface area contributed by atoms with Crippen LogP contribution in [0.5, 0.6) is 0 Å². The molecule has 0 fully saturated rings. The molecule has 2 heterocycles. The van der Waals surface area contributed by atoms with Gasteiger partial charge in [-0.3, -0.25) is 4.79 Å². The number of likely N-dealkylation sites (N-methyl/N-ethyl adjacent to an activating group) is 1. The Bertz CT molecular complexity index is 563. The number of rotatable bonds is 1. The van der Waals surface area contributed by atoms with Gasteiger partial charge in [-0.05, 0) is 24.3 Å². The zero-order chi connectivity index (χ0) is 12.5.